The lowest BCUT2D eigenvalue weighted by molar-refractivity contribution is -0.116. The average Bonchev–Trinajstić information content (AvgIpc) is 3.45. The van der Waals surface area contributed by atoms with Gasteiger partial charge in [0.25, 0.3) is 5.91 Å². The van der Waals surface area contributed by atoms with Crippen molar-refractivity contribution in [3.05, 3.63) is 132 Å². The Labute approximate surface area is 236 Å². The monoisotopic (exact) mass is 545 g/mol. The molecule has 1 unspecified atom stereocenters. The molecule has 10 nitrogen and oxygen atoms in total. The highest BCUT2D eigenvalue weighted by Gasteiger charge is 2.33. The number of benzene rings is 4. The number of amides is 2. The lowest BCUT2D eigenvalue weighted by atomic mass is 10.0. The SMILES string of the molecule is O=C(Cn1cc(COc2ccc(C3Nc4ccccc4C(=O)N3Nc3ccccc3)cc2)nn1)Nc1ccccc1. The van der Waals surface area contributed by atoms with Gasteiger partial charge in [-0.05, 0) is 54.1 Å². The number of ether oxygens (including phenoxy) is 1. The van der Waals surface area contributed by atoms with Gasteiger partial charge in [0.1, 0.15) is 30.8 Å². The lowest BCUT2D eigenvalue weighted by Gasteiger charge is -2.38. The minimum absolute atomic E-state index is 0.0420. The third-order valence-electron chi connectivity index (χ3n) is 6.48. The van der Waals surface area contributed by atoms with E-state index in [0.717, 1.165) is 22.6 Å². The molecule has 2 heterocycles. The van der Waals surface area contributed by atoms with Crippen molar-refractivity contribution < 1.29 is 14.3 Å². The fourth-order valence-corrected chi connectivity index (χ4v) is 4.51. The van der Waals surface area contributed by atoms with Gasteiger partial charge in [-0.15, -0.1) is 5.10 Å². The molecule has 0 spiro atoms. The van der Waals surface area contributed by atoms with Crippen LogP contribution in [0.15, 0.2) is 115 Å². The molecule has 2 amide bonds. The maximum Gasteiger partial charge on any atom is 0.276 e. The van der Waals surface area contributed by atoms with Crippen LogP contribution in [-0.2, 0) is 17.9 Å². The highest BCUT2D eigenvalue weighted by Crippen LogP contribution is 2.34. The van der Waals surface area contributed by atoms with Gasteiger partial charge in [-0.1, -0.05) is 65.9 Å². The summed E-state index contributed by atoms with van der Waals surface area (Å²) >= 11 is 0. The second-order valence-corrected chi connectivity index (χ2v) is 9.42. The van der Waals surface area contributed by atoms with Crippen molar-refractivity contribution >= 4 is 28.9 Å². The molecular weight excluding hydrogens is 518 g/mol. The number of rotatable bonds is 9. The van der Waals surface area contributed by atoms with Gasteiger partial charge >= 0.3 is 0 Å². The van der Waals surface area contributed by atoms with Crippen LogP contribution in [0.1, 0.15) is 27.8 Å². The van der Waals surface area contributed by atoms with E-state index in [2.05, 4.69) is 26.4 Å². The number of anilines is 3. The summed E-state index contributed by atoms with van der Waals surface area (Å²) in [6, 6.07) is 33.8. The first kappa shape index (κ1) is 25.6. The highest BCUT2D eigenvalue weighted by molar-refractivity contribution is 6.02. The Bertz CT molecular complexity index is 1640. The topological polar surface area (TPSA) is 113 Å². The molecule has 5 aromatic rings. The van der Waals surface area contributed by atoms with Crippen LogP contribution in [0, 0.1) is 0 Å². The van der Waals surface area contributed by atoms with Crippen LogP contribution < -0.4 is 20.8 Å². The third kappa shape index (κ3) is 6.01. The number of carbonyl (C=O) groups excluding carboxylic acids is 2. The summed E-state index contributed by atoms with van der Waals surface area (Å²) in [5.74, 6) is 0.307. The molecule has 41 heavy (non-hydrogen) atoms. The molecule has 0 radical (unpaired) electrons. The van der Waals surface area contributed by atoms with E-state index >= 15 is 0 Å². The molecule has 3 N–H and O–H groups in total. The van der Waals surface area contributed by atoms with Gasteiger partial charge in [-0.3, -0.25) is 15.0 Å². The van der Waals surface area contributed by atoms with Gasteiger partial charge in [-0.25, -0.2) is 9.69 Å². The Kier molecular flexibility index (Phi) is 7.26. The first-order valence-electron chi connectivity index (χ1n) is 13.1. The maximum absolute atomic E-state index is 13.5. The van der Waals surface area contributed by atoms with Crippen molar-refractivity contribution in [2.24, 2.45) is 0 Å². The number of nitrogens with zero attached hydrogens (tertiary/aromatic N) is 4. The zero-order valence-electron chi connectivity index (χ0n) is 22.0. The minimum atomic E-state index is -0.450. The van der Waals surface area contributed by atoms with Crippen LogP contribution >= 0.6 is 0 Å². The summed E-state index contributed by atoms with van der Waals surface area (Å²) in [6.07, 6.45) is 1.23. The number of fused-ring (bicyclic) bond motifs is 1. The summed E-state index contributed by atoms with van der Waals surface area (Å²) in [4.78, 5) is 25.7. The summed E-state index contributed by atoms with van der Waals surface area (Å²) in [6.45, 7) is 0.231. The molecular formula is C31H27N7O3. The quantitative estimate of drug-likeness (QED) is 0.236. The molecule has 0 fully saturated rings. The Hall–Kier alpha value is -5.64. The van der Waals surface area contributed by atoms with Crippen LogP contribution in [0.25, 0.3) is 0 Å². The number of para-hydroxylation sites is 3. The fraction of sp³-hybridized carbons (Fsp3) is 0.0968. The summed E-state index contributed by atoms with van der Waals surface area (Å²) < 4.78 is 7.39. The Morgan fingerprint density at radius 2 is 1.54 bits per heavy atom. The molecule has 0 bridgehead atoms. The number of carbonyl (C=O) groups is 2. The van der Waals surface area contributed by atoms with Gasteiger partial charge in [0.15, 0.2) is 0 Å². The molecule has 1 aliphatic heterocycles. The summed E-state index contributed by atoms with van der Waals surface area (Å²) in [5, 5.41) is 16.0. The van der Waals surface area contributed by atoms with E-state index in [9.17, 15) is 9.59 Å². The second-order valence-electron chi connectivity index (χ2n) is 9.42. The molecule has 1 aliphatic rings. The van der Waals surface area contributed by atoms with Gasteiger partial charge in [0.05, 0.1) is 17.4 Å². The lowest BCUT2D eigenvalue weighted by Crippen LogP contribution is -2.46. The molecule has 1 atom stereocenters. The third-order valence-corrected chi connectivity index (χ3v) is 6.48. The van der Waals surface area contributed by atoms with E-state index in [1.165, 1.54) is 4.68 Å². The van der Waals surface area contributed by atoms with Crippen LogP contribution in [0.3, 0.4) is 0 Å². The zero-order valence-corrected chi connectivity index (χ0v) is 22.0. The molecule has 10 heteroatoms. The Balaban J connectivity index is 1.10. The van der Waals surface area contributed by atoms with Crippen molar-refractivity contribution in [1.29, 1.82) is 0 Å². The first-order valence-corrected chi connectivity index (χ1v) is 13.1. The average molecular weight is 546 g/mol. The number of hydrogen-bond donors (Lipinski definition) is 3. The van der Waals surface area contributed by atoms with Gasteiger partial charge in [-0.2, -0.15) is 0 Å². The predicted molar refractivity (Wildman–Crippen MR) is 155 cm³/mol. The molecule has 204 valence electrons. The molecule has 0 saturated carbocycles. The smallest absolute Gasteiger partial charge is 0.276 e. The van der Waals surface area contributed by atoms with Crippen LogP contribution in [0.5, 0.6) is 5.75 Å². The highest BCUT2D eigenvalue weighted by atomic mass is 16.5. The van der Waals surface area contributed by atoms with Crippen LogP contribution in [0.4, 0.5) is 17.1 Å². The van der Waals surface area contributed by atoms with Crippen molar-refractivity contribution in [3.63, 3.8) is 0 Å². The number of hydrazine groups is 1. The Morgan fingerprint density at radius 1 is 0.854 bits per heavy atom. The zero-order chi connectivity index (χ0) is 28.0. The second kappa shape index (κ2) is 11.6. The summed E-state index contributed by atoms with van der Waals surface area (Å²) in [5.41, 5.74) is 7.62. The predicted octanol–water partition coefficient (Wildman–Crippen LogP) is 5.09. The standard InChI is InChI=1S/C31H27N7O3/c39-29(32-23-9-3-1-4-10-23)20-37-19-25(34-36-37)21-41-26-17-15-22(16-18-26)30-33-28-14-8-7-13-27(28)31(40)38(30)35-24-11-5-2-6-12-24/h1-19,30,33,35H,20-21H2,(H,32,39). The van der Waals surface area contributed by atoms with E-state index in [4.69, 9.17) is 4.74 Å². The van der Waals surface area contributed by atoms with E-state index in [-0.39, 0.29) is 25.0 Å². The van der Waals surface area contributed by atoms with Crippen LogP contribution in [-0.4, -0.2) is 31.8 Å². The van der Waals surface area contributed by atoms with E-state index in [1.807, 2.05) is 109 Å². The summed E-state index contributed by atoms with van der Waals surface area (Å²) in [7, 11) is 0. The Morgan fingerprint density at radius 3 is 2.29 bits per heavy atom. The normalized spacial score (nSPS) is 14.1. The largest absolute Gasteiger partial charge is 0.487 e. The molecule has 0 saturated heterocycles. The van der Waals surface area contributed by atoms with Gasteiger partial charge in [0.2, 0.25) is 5.91 Å². The maximum atomic E-state index is 13.5. The molecule has 0 aliphatic carbocycles. The molecule has 6 rings (SSSR count). The van der Waals surface area contributed by atoms with E-state index in [0.29, 0.717) is 17.0 Å². The van der Waals surface area contributed by atoms with Crippen molar-refractivity contribution in [2.45, 2.75) is 19.3 Å². The van der Waals surface area contributed by atoms with Crippen molar-refractivity contribution in [1.82, 2.24) is 20.0 Å². The molecule has 4 aromatic carbocycles. The minimum Gasteiger partial charge on any atom is -0.487 e. The number of aromatic nitrogens is 3. The van der Waals surface area contributed by atoms with Crippen LogP contribution in [0.2, 0.25) is 0 Å². The number of hydrogen-bond acceptors (Lipinski definition) is 7. The van der Waals surface area contributed by atoms with Crippen molar-refractivity contribution in [2.75, 3.05) is 16.1 Å². The van der Waals surface area contributed by atoms with E-state index in [1.54, 1.807) is 11.2 Å². The van der Waals surface area contributed by atoms with Gasteiger partial charge < -0.3 is 15.4 Å². The molecule has 1 aromatic heterocycles. The number of nitrogens with one attached hydrogen (secondary N) is 3. The van der Waals surface area contributed by atoms with E-state index < -0.39 is 6.17 Å². The first-order chi connectivity index (χ1) is 20.1. The van der Waals surface area contributed by atoms with Gasteiger partial charge in [0, 0.05) is 11.4 Å². The fourth-order valence-electron chi connectivity index (χ4n) is 4.51. The van der Waals surface area contributed by atoms with Crippen molar-refractivity contribution in [3.8, 4) is 5.75 Å².